The number of anilines is 3. The van der Waals surface area contributed by atoms with Crippen molar-refractivity contribution in [1.82, 2.24) is 9.97 Å². The highest BCUT2D eigenvalue weighted by Crippen LogP contribution is 2.19. The number of hydrogen-bond donors (Lipinski definition) is 1. The third kappa shape index (κ3) is 4.34. The summed E-state index contributed by atoms with van der Waals surface area (Å²) in [6.07, 6.45) is 3.12. The molecule has 2 aromatic carbocycles. The highest BCUT2D eigenvalue weighted by Gasteiger charge is 2.20. The molecular formula is C22H22FN5O. The lowest BCUT2D eigenvalue weighted by atomic mass is 10.2. The molecule has 0 spiro atoms. The molecule has 7 heteroatoms. The number of carbonyl (C=O) groups excluding carboxylic acids is 1. The van der Waals surface area contributed by atoms with Crippen LogP contribution in [0.4, 0.5) is 21.7 Å². The van der Waals surface area contributed by atoms with Crippen molar-refractivity contribution in [3.05, 3.63) is 77.9 Å². The van der Waals surface area contributed by atoms with Gasteiger partial charge in [0.15, 0.2) is 0 Å². The fourth-order valence-electron chi connectivity index (χ4n) is 3.33. The number of carbonyl (C=O) groups is 1. The zero-order valence-corrected chi connectivity index (χ0v) is 16.2. The molecule has 0 bridgehead atoms. The molecule has 3 aromatic rings. The van der Waals surface area contributed by atoms with Crippen molar-refractivity contribution in [2.75, 3.05) is 41.3 Å². The van der Waals surface area contributed by atoms with Gasteiger partial charge in [-0.15, -0.1) is 0 Å². The van der Waals surface area contributed by atoms with Crippen molar-refractivity contribution in [2.24, 2.45) is 0 Å². The Morgan fingerprint density at radius 1 is 0.931 bits per heavy atom. The maximum atomic E-state index is 13.1. The molecule has 148 valence electrons. The van der Waals surface area contributed by atoms with Gasteiger partial charge >= 0.3 is 0 Å². The Kier molecular flexibility index (Phi) is 5.37. The van der Waals surface area contributed by atoms with E-state index >= 15 is 0 Å². The summed E-state index contributed by atoms with van der Waals surface area (Å²) in [5.41, 5.74) is 3.20. The summed E-state index contributed by atoms with van der Waals surface area (Å²) in [5.74, 6) is 0.149. The van der Waals surface area contributed by atoms with Crippen LogP contribution in [-0.2, 0) is 0 Å². The highest BCUT2D eigenvalue weighted by molar-refractivity contribution is 6.04. The quantitative estimate of drug-likeness (QED) is 0.738. The molecule has 1 N–H and O–H groups in total. The Labute approximate surface area is 169 Å². The van der Waals surface area contributed by atoms with Gasteiger partial charge in [0.1, 0.15) is 5.82 Å². The van der Waals surface area contributed by atoms with Gasteiger partial charge in [0.05, 0.1) is 5.56 Å². The topological polar surface area (TPSA) is 61.4 Å². The highest BCUT2D eigenvalue weighted by atomic mass is 19.1. The number of nitrogens with zero attached hydrogens (tertiary/aromatic N) is 4. The summed E-state index contributed by atoms with van der Waals surface area (Å²) in [5, 5.41) is 2.89. The van der Waals surface area contributed by atoms with Gasteiger partial charge in [-0.05, 0) is 42.8 Å². The number of nitrogens with one attached hydrogen (secondary N) is 1. The minimum atomic E-state index is -0.230. The average Bonchev–Trinajstić information content (AvgIpc) is 2.76. The van der Waals surface area contributed by atoms with Crippen LogP contribution in [-0.4, -0.2) is 42.1 Å². The monoisotopic (exact) mass is 391 g/mol. The van der Waals surface area contributed by atoms with Crippen LogP contribution in [0.15, 0.2) is 60.9 Å². The summed E-state index contributed by atoms with van der Waals surface area (Å²) in [4.78, 5) is 25.5. The van der Waals surface area contributed by atoms with Crippen molar-refractivity contribution >= 4 is 23.2 Å². The first-order valence-electron chi connectivity index (χ1n) is 9.54. The molecule has 1 aliphatic heterocycles. The number of rotatable bonds is 4. The lowest BCUT2D eigenvalue weighted by Gasteiger charge is -2.36. The van der Waals surface area contributed by atoms with Crippen LogP contribution in [0.25, 0.3) is 0 Å². The van der Waals surface area contributed by atoms with E-state index in [1.165, 1.54) is 12.1 Å². The van der Waals surface area contributed by atoms with Crippen molar-refractivity contribution < 1.29 is 9.18 Å². The lowest BCUT2D eigenvalue weighted by molar-refractivity contribution is 0.102. The second-order valence-electron chi connectivity index (χ2n) is 6.99. The average molecular weight is 391 g/mol. The Bertz CT molecular complexity index is 983. The molecule has 0 saturated carbocycles. The van der Waals surface area contributed by atoms with Crippen molar-refractivity contribution in [1.29, 1.82) is 0 Å². The van der Waals surface area contributed by atoms with Gasteiger partial charge in [0, 0.05) is 49.9 Å². The first-order chi connectivity index (χ1) is 14.1. The fraction of sp³-hybridized carbons (Fsp3) is 0.227. The number of hydrogen-bond acceptors (Lipinski definition) is 5. The van der Waals surface area contributed by atoms with Gasteiger partial charge in [0.25, 0.3) is 5.91 Å². The number of halogens is 1. The number of piperazine rings is 1. The zero-order chi connectivity index (χ0) is 20.2. The molecule has 4 rings (SSSR count). The maximum Gasteiger partial charge on any atom is 0.258 e. The minimum Gasteiger partial charge on any atom is -0.368 e. The molecule has 1 aromatic heterocycles. The Morgan fingerprint density at radius 2 is 1.55 bits per heavy atom. The number of amides is 1. The molecule has 0 unspecified atom stereocenters. The van der Waals surface area contributed by atoms with Crippen LogP contribution < -0.4 is 15.1 Å². The van der Waals surface area contributed by atoms with Gasteiger partial charge in [-0.1, -0.05) is 18.2 Å². The fourth-order valence-corrected chi connectivity index (χ4v) is 3.33. The lowest BCUT2D eigenvalue weighted by Crippen LogP contribution is -2.47. The second-order valence-corrected chi connectivity index (χ2v) is 6.99. The maximum absolute atomic E-state index is 13.1. The number of aromatic nitrogens is 2. The largest absolute Gasteiger partial charge is 0.368 e. The summed E-state index contributed by atoms with van der Waals surface area (Å²) in [7, 11) is 0. The first kappa shape index (κ1) is 18.9. The predicted octanol–water partition coefficient (Wildman–Crippen LogP) is 3.50. The summed E-state index contributed by atoms with van der Waals surface area (Å²) in [6.45, 7) is 5.05. The van der Waals surface area contributed by atoms with E-state index in [1.807, 2.05) is 31.2 Å². The van der Waals surface area contributed by atoms with Gasteiger partial charge in [-0.25, -0.2) is 14.4 Å². The normalized spacial score (nSPS) is 14.0. The van der Waals surface area contributed by atoms with E-state index in [2.05, 4.69) is 25.1 Å². The molecule has 0 atom stereocenters. The van der Waals surface area contributed by atoms with Crippen molar-refractivity contribution in [3.63, 3.8) is 0 Å². The number of aryl methyl sites for hydroxylation is 1. The van der Waals surface area contributed by atoms with Gasteiger partial charge < -0.3 is 15.1 Å². The molecule has 6 nitrogen and oxygen atoms in total. The number of benzene rings is 2. The van der Waals surface area contributed by atoms with E-state index in [9.17, 15) is 9.18 Å². The van der Waals surface area contributed by atoms with Crippen LogP contribution in [0.1, 0.15) is 15.9 Å². The Balaban J connectivity index is 1.36. The van der Waals surface area contributed by atoms with Gasteiger partial charge in [0.2, 0.25) is 5.95 Å². The molecule has 0 radical (unpaired) electrons. The minimum absolute atomic E-state index is 0.229. The SMILES string of the molecule is Cc1ccccc1NC(=O)c1cnc(N2CCN(c3ccc(F)cc3)CC2)nc1. The van der Waals surface area contributed by atoms with E-state index in [1.54, 1.807) is 24.5 Å². The van der Waals surface area contributed by atoms with Gasteiger partial charge in [-0.3, -0.25) is 4.79 Å². The Hall–Kier alpha value is -3.48. The third-order valence-electron chi connectivity index (χ3n) is 5.05. The first-order valence-corrected chi connectivity index (χ1v) is 9.54. The van der Waals surface area contributed by atoms with E-state index in [0.29, 0.717) is 11.5 Å². The van der Waals surface area contributed by atoms with Crippen LogP contribution in [0.5, 0.6) is 0 Å². The molecule has 0 aliphatic carbocycles. The molecule has 1 saturated heterocycles. The van der Waals surface area contributed by atoms with Crippen LogP contribution in [0, 0.1) is 12.7 Å². The zero-order valence-electron chi connectivity index (χ0n) is 16.2. The predicted molar refractivity (Wildman–Crippen MR) is 112 cm³/mol. The standard InChI is InChI=1S/C22H22FN5O/c1-16-4-2-3-5-20(16)26-21(29)17-14-24-22(25-15-17)28-12-10-27(11-13-28)19-8-6-18(23)7-9-19/h2-9,14-15H,10-13H2,1H3,(H,26,29). The van der Waals surface area contributed by atoms with Crippen molar-refractivity contribution in [3.8, 4) is 0 Å². The van der Waals surface area contributed by atoms with Crippen molar-refractivity contribution in [2.45, 2.75) is 6.92 Å². The van der Waals surface area contributed by atoms with E-state index in [-0.39, 0.29) is 11.7 Å². The number of para-hydroxylation sites is 1. The third-order valence-corrected chi connectivity index (χ3v) is 5.05. The molecule has 1 amide bonds. The molecule has 2 heterocycles. The van der Waals surface area contributed by atoms with E-state index in [0.717, 1.165) is 43.1 Å². The summed E-state index contributed by atoms with van der Waals surface area (Å²) in [6, 6.07) is 14.2. The van der Waals surface area contributed by atoms with E-state index < -0.39 is 0 Å². The van der Waals surface area contributed by atoms with Crippen LogP contribution >= 0.6 is 0 Å². The Morgan fingerprint density at radius 3 is 2.21 bits per heavy atom. The molecule has 1 aliphatic rings. The summed E-state index contributed by atoms with van der Waals surface area (Å²) >= 11 is 0. The summed E-state index contributed by atoms with van der Waals surface area (Å²) < 4.78 is 13.1. The van der Waals surface area contributed by atoms with Crippen LogP contribution in [0.3, 0.4) is 0 Å². The smallest absolute Gasteiger partial charge is 0.258 e. The second kappa shape index (κ2) is 8.26. The van der Waals surface area contributed by atoms with Crippen LogP contribution in [0.2, 0.25) is 0 Å². The molecule has 29 heavy (non-hydrogen) atoms. The molecule has 1 fully saturated rings. The van der Waals surface area contributed by atoms with Gasteiger partial charge in [-0.2, -0.15) is 0 Å². The van der Waals surface area contributed by atoms with E-state index in [4.69, 9.17) is 0 Å². The molecular weight excluding hydrogens is 369 g/mol.